The highest BCUT2D eigenvalue weighted by atomic mass is 32.2. The monoisotopic (exact) mass is 351 g/mol. The smallest absolute Gasteiger partial charge is 0.196 e. The van der Waals surface area contributed by atoms with Gasteiger partial charge < -0.3 is 0 Å². The number of aromatic nitrogens is 5. The highest BCUT2D eigenvalue weighted by Gasteiger charge is 2.12. The molecular formula is C17H13N5S2. The largest absolute Gasteiger partial charge is 0.297 e. The minimum atomic E-state index is 0.775. The fraction of sp³-hybridized carbons (Fsp3) is 0.118. The molecule has 118 valence electrons. The summed E-state index contributed by atoms with van der Waals surface area (Å²) in [6, 6.07) is 10.5. The number of thiazole rings is 1. The van der Waals surface area contributed by atoms with Crippen molar-refractivity contribution in [1.29, 1.82) is 0 Å². The number of rotatable bonds is 3. The predicted octanol–water partition coefficient (Wildman–Crippen LogP) is 4.19. The molecule has 4 aromatic heterocycles. The number of benzene rings is 1. The van der Waals surface area contributed by atoms with Crippen LogP contribution in [0.4, 0.5) is 0 Å². The average Bonchev–Trinajstić information content (AvgIpc) is 3.27. The Morgan fingerprint density at radius 3 is 3.04 bits per heavy atom. The first-order chi connectivity index (χ1) is 11.8. The summed E-state index contributed by atoms with van der Waals surface area (Å²) in [5.74, 6) is 0.775. The summed E-state index contributed by atoms with van der Waals surface area (Å²) < 4.78 is 4.19. The van der Waals surface area contributed by atoms with Gasteiger partial charge in [-0.1, -0.05) is 30.0 Å². The normalized spacial score (nSPS) is 11.9. The van der Waals surface area contributed by atoms with Crippen LogP contribution in [0.3, 0.4) is 0 Å². The lowest BCUT2D eigenvalue weighted by atomic mass is 10.1. The highest BCUT2D eigenvalue weighted by Crippen LogP contribution is 2.27. The quantitative estimate of drug-likeness (QED) is 0.457. The minimum Gasteiger partial charge on any atom is -0.297 e. The summed E-state index contributed by atoms with van der Waals surface area (Å²) in [7, 11) is 0. The molecule has 0 saturated heterocycles. The number of fused-ring (bicyclic) bond motifs is 4. The van der Waals surface area contributed by atoms with E-state index in [1.807, 2.05) is 11.6 Å². The molecule has 0 saturated carbocycles. The standard InChI is InChI=1S/C17H13N5S2/c1-11-8-15-19-20-17(22(15)14-5-3-2-4-13(11)14)24-10-12-9-21-6-7-23-16(21)18-12/h2-9H,10H2,1H3. The van der Waals surface area contributed by atoms with Crippen molar-refractivity contribution in [2.45, 2.75) is 17.8 Å². The third-order valence-corrected chi connectivity index (χ3v) is 5.80. The second-order valence-corrected chi connectivity index (χ2v) is 7.45. The first-order valence-corrected chi connectivity index (χ1v) is 9.43. The maximum Gasteiger partial charge on any atom is 0.196 e. The molecule has 24 heavy (non-hydrogen) atoms. The lowest BCUT2D eigenvalue weighted by molar-refractivity contribution is 0.939. The second kappa shape index (κ2) is 5.32. The number of aryl methyl sites for hydroxylation is 1. The van der Waals surface area contributed by atoms with Gasteiger partial charge in [0.1, 0.15) is 0 Å². The Bertz CT molecular complexity index is 1160. The van der Waals surface area contributed by atoms with Gasteiger partial charge in [0, 0.05) is 28.9 Å². The zero-order chi connectivity index (χ0) is 16.1. The van der Waals surface area contributed by atoms with E-state index in [9.17, 15) is 0 Å². The molecule has 0 amide bonds. The molecule has 1 aromatic carbocycles. The van der Waals surface area contributed by atoms with Gasteiger partial charge >= 0.3 is 0 Å². The summed E-state index contributed by atoms with van der Waals surface area (Å²) in [6.07, 6.45) is 4.11. The van der Waals surface area contributed by atoms with Crippen LogP contribution >= 0.6 is 23.1 Å². The minimum absolute atomic E-state index is 0.775. The molecule has 0 spiro atoms. The van der Waals surface area contributed by atoms with E-state index < -0.39 is 0 Å². The molecule has 0 radical (unpaired) electrons. The molecule has 5 rings (SSSR count). The zero-order valence-electron chi connectivity index (χ0n) is 12.9. The molecule has 0 bridgehead atoms. The predicted molar refractivity (Wildman–Crippen MR) is 97.9 cm³/mol. The zero-order valence-corrected chi connectivity index (χ0v) is 14.5. The Hall–Kier alpha value is -2.38. The third kappa shape index (κ3) is 2.12. The van der Waals surface area contributed by atoms with Gasteiger partial charge in [-0.25, -0.2) is 4.98 Å². The Morgan fingerprint density at radius 2 is 2.12 bits per heavy atom. The van der Waals surface area contributed by atoms with Crippen molar-refractivity contribution in [3.05, 3.63) is 59.4 Å². The maximum atomic E-state index is 4.63. The Labute approximate surface area is 146 Å². The van der Waals surface area contributed by atoms with E-state index in [4.69, 9.17) is 0 Å². The van der Waals surface area contributed by atoms with Crippen molar-refractivity contribution < 1.29 is 0 Å². The van der Waals surface area contributed by atoms with E-state index in [0.717, 1.165) is 32.7 Å². The van der Waals surface area contributed by atoms with Crippen molar-refractivity contribution in [3.8, 4) is 0 Å². The van der Waals surface area contributed by atoms with E-state index >= 15 is 0 Å². The highest BCUT2D eigenvalue weighted by molar-refractivity contribution is 7.98. The van der Waals surface area contributed by atoms with Gasteiger partial charge in [0.05, 0.1) is 11.2 Å². The number of thioether (sulfide) groups is 1. The molecule has 0 aliphatic rings. The van der Waals surface area contributed by atoms with Gasteiger partial charge in [0.25, 0.3) is 0 Å². The molecule has 0 atom stereocenters. The van der Waals surface area contributed by atoms with Crippen molar-refractivity contribution in [2.24, 2.45) is 0 Å². The van der Waals surface area contributed by atoms with Gasteiger partial charge in [-0.2, -0.15) is 0 Å². The maximum absolute atomic E-state index is 4.63. The van der Waals surface area contributed by atoms with Gasteiger partial charge in [-0.05, 0) is 24.6 Å². The Morgan fingerprint density at radius 1 is 1.21 bits per heavy atom. The lowest BCUT2D eigenvalue weighted by Crippen LogP contribution is -1.93. The third-order valence-electron chi connectivity index (χ3n) is 4.07. The van der Waals surface area contributed by atoms with Crippen molar-refractivity contribution in [1.82, 2.24) is 24.0 Å². The molecule has 0 aliphatic heterocycles. The van der Waals surface area contributed by atoms with Crippen LogP contribution in [0.1, 0.15) is 11.3 Å². The molecule has 0 fully saturated rings. The van der Waals surface area contributed by atoms with Gasteiger partial charge in [0.2, 0.25) is 0 Å². The van der Waals surface area contributed by atoms with Crippen molar-refractivity contribution in [3.63, 3.8) is 0 Å². The molecule has 4 heterocycles. The Balaban J connectivity index is 1.57. The van der Waals surface area contributed by atoms with Gasteiger partial charge in [0.15, 0.2) is 15.8 Å². The van der Waals surface area contributed by atoms with Gasteiger partial charge in [-0.15, -0.1) is 21.5 Å². The van der Waals surface area contributed by atoms with E-state index in [-0.39, 0.29) is 0 Å². The Kier molecular flexibility index (Phi) is 3.11. The number of nitrogens with zero attached hydrogens (tertiary/aromatic N) is 5. The molecule has 0 aliphatic carbocycles. The van der Waals surface area contributed by atoms with Crippen LogP contribution in [0, 0.1) is 6.92 Å². The van der Waals surface area contributed by atoms with Crippen molar-refractivity contribution in [2.75, 3.05) is 0 Å². The summed E-state index contributed by atoms with van der Waals surface area (Å²) in [5.41, 5.74) is 4.31. The summed E-state index contributed by atoms with van der Waals surface area (Å²) >= 11 is 3.31. The summed E-state index contributed by atoms with van der Waals surface area (Å²) in [6.45, 7) is 2.11. The van der Waals surface area contributed by atoms with Crippen LogP contribution in [-0.4, -0.2) is 24.0 Å². The van der Waals surface area contributed by atoms with Crippen LogP contribution in [0.5, 0.6) is 0 Å². The molecule has 7 heteroatoms. The molecule has 0 N–H and O–H groups in total. The number of hydrogen-bond donors (Lipinski definition) is 0. The average molecular weight is 351 g/mol. The second-order valence-electron chi connectivity index (χ2n) is 5.63. The first-order valence-electron chi connectivity index (χ1n) is 7.57. The number of para-hydroxylation sites is 1. The van der Waals surface area contributed by atoms with Crippen LogP contribution in [0.2, 0.25) is 0 Å². The lowest BCUT2D eigenvalue weighted by Gasteiger charge is -2.06. The number of hydrogen-bond acceptors (Lipinski definition) is 5. The van der Waals surface area contributed by atoms with Crippen LogP contribution in [0.25, 0.3) is 21.5 Å². The number of pyridine rings is 1. The van der Waals surface area contributed by atoms with Crippen LogP contribution in [0.15, 0.2) is 53.3 Å². The van der Waals surface area contributed by atoms with Crippen LogP contribution in [-0.2, 0) is 5.75 Å². The van der Waals surface area contributed by atoms with E-state index in [1.54, 1.807) is 23.1 Å². The summed E-state index contributed by atoms with van der Waals surface area (Å²) in [4.78, 5) is 5.66. The molecule has 5 nitrogen and oxygen atoms in total. The van der Waals surface area contributed by atoms with E-state index in [0.29, 0.717) is 0 Å². The fourth-order valence-electron chi connectivity index (χ4n) is 2.95. The summed E-state index contributed by atoms with van der Waals surface area (Å²) in [5, 5.41) is 12.9. The topological polar surface area (TPSA) is 47.5 Å². The van der Waals surface area contributed by atoms with E-state index in [2.05, 4.69) is 67.4 Å². The molecule has 5 aromatic rings. The number of imidazole rings is 1. The van der Waals surface area contributed by atoms with Gasteiger partial charge in [-0.3, -0.25) is 8.80 Å². The van der Waals surface area contributed by atoms with E-state index in [1.165, 1.54) is 10.9 Å². The van der Waals surface area contributed by atoms with Crippen LogP contribution < -0.4 is 0 Å². The SMILES string of the molecule is Cc1cc2nnc(SCc3cn4ccsc4n3)n2c2ccccc12. The first kappa shape index (κ1) is 14.0. The fourth-order valence-corrected chi connectivity index (χ4v) is 4.51. The molecule has 0 unspecified atom stereocenters. The van der Waals surface area contributed by atoms with Crippen molar-refractivity contribution >= 4 is 44.6 Å². The molecular weight excluding hydrogens is 338 g/mol.